The highest BCUT2D eigenvalue weighted by Crippen LogP contribution is 2.25. The number of carboxylic acid groups (broad SMARTS) is 1. The zero-order valence-electron chi connectivity index (χ0n) is 7.43. The molecule has 0 spiro atoms. The van der Waals surface area contributed by atoms with Gasteiger partial charge in [0.05, 0.1) is 6.04 Å². The summed E-state index contributed by atoms with van der Waals surface area (Å²) in [5.41, 5.74) is 0. The molecule has 0 saturated carbocycles. The Hall–Kier alpha value is -1.22. The predicted octanol–water partition coefficient (Wildman–Crippen LogP) is 0.861. The second-order valence-electron chi connectivity index (χ2n) is 2.73. The minimum atomic E-state index is -4.76. The first-order valence-electron chi connectivity index (χ1n) is 3.78. The van der Waals surface area contributed by atoms with Crippen LogP contribution in [0, 0.1) is 18.3 Å². The number of aliphatic carboxylic acids is 1. The lowest BCUT2D eigenvalue weighted by molar-refractivity contribution is -0.192. The fourth-order valence-electron chi connectivity index (χ4n) is 0.697. The Labute approximate surface area is 79.3 Å². The van der Waals surface area contributed by atoms with Crippen molar-refractivity contribution in [3.05, 3.63) is 0 Å². The molecule has 2 N–H and O–H groups in total. The number of hydrogen-bond donors (Lipinski definition) is 2. The van der Waals surface area contributed by atoms with E-state index in [4.69, 9.17) is 11.5 Å². The van der Waals surface area contributed by atoms with Crippen LogP contribution in [0.5, 0.6) is 0 Å². The first-order valence-corrected chi connectivity index (χ1v) is 3.78. The van der Waals surface area contributed by atoms with E-state index in [1.54, 1.807) is 0 Å². The third kappa shape index (κ3) is 4.14. The minimum absolute atomic E-state index is 0.584. The molecule has 2 unspecified atom stereocenters. The van der Waals surface area contributed by atoms with Crippen molar-refractivity contribution in [1.29, 1.82) is 0 Å². The lowest BCUT2D eigenvalue weighted by atomic mass is 10.1. The van der Waals surface area contributed by atoms with Crippen LogP contribution in [0.2, 0.25) is 0 Å². The van der Waals surface area contributed by atoms with E-state index < -0.39 is 30.7 Å². The van der Waals surface area contributed by atoms with Crippen LogP contribution in [0.3, 0.4) is 0 Å². The summed E-state index contributed by atoms with van der Waals surface area (Å²) >= 11 is 0. The summed E-state index contributed by atoms with van der Waals surface area (Å²) in [6, 6.07) is -0.584. The van der Waals surface area contributed by atoms with Gasteiger partial charge in [0.15, 0.2) is 5.92 Å². The molecule has 0 amide bonds. The fraction of sp³-hybridized carbons (Fsp3) is 0.625. The Bertz CT molecular complexity index is 244. The zero-order chi connectivity index (χ0) is 11.4. The first kappa shape index (κ1) is 12.8. The molecule has 0 rings (SSSR count). The maximum absolute atomic E-state index is 12.1. The van der Waals surface area contributed by atoms with Crippen molar-refractivity contribution in [3.8, 4) is 12.3 Å². The Morgan fingerprint density at radius 1 is 1.64 bits per heavy atom. The molecule has 0 aromatic heterocycles. The molecule has 0 aromatic carbocycles. The monoisotopic (exact) mass is 209 g/mol. The van der Waals surface area contributed by atoms with Crippen molar-refractivity contribution in [2.24, 2.45) is 5.92 Å². The van der Waals surface area contributed by atoms with E-state index in [0.717, 1.165) is 0 Å². The van der Waals surface area contributed by atoms with Crippen LogP contribution in [0.4, 0.5) is 13.2 Å². The molecule has 0 radical (unpaired) electrons. The van der Waals surface area contributed by atoms with Crippen molar-refractivity contribution in [2.75, 3.05) is 6.54 Å². The fourth-order valence-corrected chi connectivity index (χ4v) is 0.697. The molecule has 0 aliphatic heterocycles. The molecular weight excluding hydrogens is 199 g/mol. The molecule has 0 aliphatic carbocycles. The van der Waals surface area contributed by atoms with Crippen LogP contribution < -0.4 is 5.32 Å². The van der Waals surface area contributed by atoms with Gasteiger partial charge < -0.3 is 10.4 Å². The number of alkyl halides is 3. The minimum Gasteiger partial charge on any atom is -0.481 e. The molecule has 3 nitrogen and oxygen atoms in total. The van der Waals surface area contributed by atoms with E-state index >= 15 is 0 Å². The van der Waals surface area contributed by atoms with Crippen LogP contribution >= 0.6 is 0 Å². The summed E-state index contributed by atoms with van der Waals surface area (Å²) in [6.45, 7) is 0.749. The second kappa shape index (κ2) is 4.86. The van der Waals surface area contributed by atoms with Crippen LogP contribution in [-0.4, -0.2) is 29.8 Å². The van der Waals surface area contributed by atoms with Crippen LogP contribution in [-0.2, 0) is 4.79 Å². The first-order chi connectivity index (χ1) is 6.29. The average Bonchev–Trinajstić information content (AvgIpc) is 2.01. The van der Waals surface area contributed by atoms with Crippen LogP contribution in [0.25, 0.3) is 0 Å². The summed E-state index contributed by atoms with van der Waals surface area (Å²) in [7, 11) is 0. The Morgan fingerprint density at radius 2 is 2.14 bits per heavy atom. The number of rotatable bonds is 4. The van der Waals surface area contributed by atoms with Gasteiger partial charge in [-0.05, 0) is 6.92 Å². The van der Waals surface area contributed by atoms with Gasteiger partial charge in [-0.3, -0.25) is 4.79 Å². The maximum Gasteiger partial charge on any atom is 0.403 e. The quantitative estimate of drug-likeness (QED) is 0.675. The topological polar surface area (TPSA) is 49.3 Å². The molecule has 2 atom stereocenters. The van der Waals surface area contributed by atoms with E-state index in [2.05, 4.69) is 11.2 Å². The van der Waals surface area contributed by atoms with Gasteiger partial charge >= 0.3 is 12.1 Å². The van der Waals surface area contributed by atoms with E-state index in [-0.39, 0.29) is 0 Å². The summed E-state index contributed by atoms with van der Waals surface area (Å²) in [4.78, 5) is 10.2. The number of halogens is 3. The smallest absolute Gasteiger partial charge is 0.403 e. The highest BCUT2D eigenvalue weighted by molar-refractivity contribution is 5.71. The second-order valence-corrected chi connectivity index (χ2v) is 2.73. The lowest BCUT2D eigenvalue weighted by Gasteiger charge is -2.17. The number of carbonyl (C=O) groups is 1. The predicted molar refractivity (Wildman–Crippen MR) is 43.5 cm³/mol. The van der Waals surface area contributed by atoms with Crippen molar-refractivity contribution < 1.29 is 23.1 Å². The number of hydrogen-bond acceptors (Lipinski definition) is 2. The molecule has 0 heterocycles. The largest absolute Gasteiger partial charge is 0.481 e. The van der Waals surface area contributed by atoms with Crippen LogP contribution in [0.15, 0.2) is 0 Å². The molecule has 6 heteroatoms. The molecular formula is C8H10F3NO2. The molecule has 80 valence electrons. The zero-order valence-corrected chi connectivity index (χ0v) is 7.43. The van der Waals surface area contributed by atoms with Crippen molar-refractivity contribution >= 4 is 5.97 Å². The van der Waals surface area contributed by atoms with E-state index in [1.807, 2.05) is 0 Å². The standard InChI is InChI=1S/C8H10F3NO2/c1-3-5(2)12-4-6(7(13)14)8(9,10)11/h1,5-6,12H,4H2,2H3,(H,13,14). The van der Waals surface area contributed by atoms with Gasteiger partial charge in [-0.1, -0.05) is 5.92 Å². The average molecular weight is 209 g/mol. The molecule has 0 aliphatic rings. The highest BCUT2D eigenvalue weighted by atomic mass is 19.4. The van der Waals surface area contributed by atoms with Gasteiger partial charge in [-0.2, -0.15) is 13.2 Å². The van der Waals surface area contributed by atoms with Crippen molar-refractivity contribution in [1.82, 2.24) is 5.32 Å². The van der Waals surface area contributed by atoms with Gasteiger partial charge in [0.1, 0.15) is 0 Å². The van der Waals surface area contributed by atoms with Gasteiger partial charge in [0.2, 0.25) is 0 Å². The van der Waals surface area contributed by atoms with Crippen molar-refractivity contribution in [2.45, 2.75) is 19.1 Å². The number of carboxylic acids is 1. The lowest BCUT2D eigenvalue weighted by Crippen LogP contribution is -2.41. The number of terminal acetylenes is 1. The Balaban J connectivity index is 4.28. The molecule has 0 bridgehead atoms. The maximum atomic E-state index is 12.1. The molecule has 0 fully saturated rings. The van der Waals surface area contributed by atoms with Crippen molar-refractivity contribution in [3.63, 3.8) is 0 Å². The Morgan fingerprint density at radius 3 is 2.43 bits per heavy atom. The SMILES string of the molecule is C#CC(C)NCC(C(=O)O)C(F)(F)F. The summed E-state index contributed by atoms with van der Waals surface area (Å²) in [6.07, 6.45) is 0.145. The van der Waals surface area contributed by atoms with Crippen LogP contribution in [0.1, 0.15) is 6.92 Å². The molecule has 0 saturated heterocycles. The Kier molecular flexibility index (Phi) is 4.44. The van der Waals surface area contributed by atoms with Gasteiger partial charge in [0, 0.05) is 6.54 Å². The number of nitrogens with one attached hydrogen (secondary N) is 1. The van der Waals surface area contributed by atoms with Gasteiger partial charge in [-0.25, -0.2) is 0 Å². The van der Waals surface area contributed by atoms with Gasteiger partial charge in [-0.15, -0.1) is 6.42 Å². The van der Waals surface area contributed by atoms with E-state index in [1.165, 1.54) is 6.92 Å². The normalized spacial score (nSPS) is 15.6. The third-order valence-electron chi connectivity index (χ3n) is 1.57. The third-order valence-corrected chi connectivity index (χ3v) is 1.57. The summed E-state index contributed by atoms with van der Waals surface area (Å²) < 4.78 is 36.2. The summed E-state index contributed by atoms with van der Waals surface area (Å²) in [5.74, 6) is -2.19. The summed E-state index contributed by atoms with van der Waals surface area (Å²) in [5, 5.41) is 10.6. The van der Waals surface area contributed by atoms with E-state index in [9.17, 15) is 18.0 Å². The molecule has 0 aromatic rings. The van der Waals surface area contributed by atoms with Gasteiger partial charge in [0.25, 0.3) is 0 Å². The molecule has 14 heavy (non-hydrogen) atoms. The van der Waals surface area contributed by atoms with E-state index in [0.29, 0.717) is 0 Å². The highest BCUT2D eigenvalue weighted by Gasteiger charge is 2.44.